The van der Waals surface area contributed by atoms with Crippen molar-refractivity contribution in [1.29, 1.82) is 5.26 Å². The second-order valence-corrected chi connectivity index (χ2v) is 7.85. The molecule has 1 aromatic heterocycles. The molecule has 0 N–H and O–H groups in total. The van der Waals surface area contributed by atoms with Crippen LogP contribution in [0.3, 0.4) is 0 Å². The van der Waals surface area contributed by atoms with E-state index in [0.29, 0.717) is 12.1 Å². The van der Waals surface area contributed by atoms with Gasteiger partial charge < -0.3 is 9.80 Å². The van der Waals surface area contributed by atoms with Gasteiger partial charge in [-0.3, -0.25) is 0 Å². The second kappa shape index (κ2) is 8.01. The number of nitriles is 1. The SMILES string of the molecule is CSc1ncc2c(c1C#N)N=C(N(C(C)C)C(C)C)N(c1ccccc1)C2. The number of guanidine groups is 1. The monoisotopic (exact) mass is 379 g/mol. The van der Waals surface area contributed by atoms with Gasteiger partial charge in [-0.2, -0.15) is 5.26 Å². The molecule has 0 radical (unpaired) electrons. The van der Waals surface area contributed by atoms with Gasteiger partial charge in [0.1, 0.15) is 16.7 Å². The maximum absolute atomic E-state index is 9.73. The Morgan fingerprint density at radius 3 is 2.37 bits per heavy atom. The number of fused-ring (bicyclic) bond motifs is 1. The Balaban J connectivity index is 2.23. The molecule has 0 saturated carbocycles. The number of nitrogens with zero attached hydrogens (tertiary/aromatic N) is 5. The van der Waals surface area contributed by atoms with Crippen LogP contribution >= 0.6 is 11.8 Å². The summed E-state index contributed by atoms with van der Waals surface area (Å²) in [7, 11) is 0. The van der Waals surface area contributed by atoms with Crippen molar-refractivity contribution in [3.8, 4) is 6.07 Å². The molecule has 2 heterocycles. The van der Waals surface area contributed by atoms with E-state index < -0.39 is 0 Å². The van der Waals surface area contributed by atoms with E-state index in [-0.39, 0.29) is 12.1 Å². The fraction of sp³-hybridized carbons (Fsp3) is 0.381. The lowest BCUT2D eigenvalue weighted by atomic mass is 10.1. The third kappa shape index (κ3) is 3.65. The van der Waals surface area contributed by atoms with Gasteiger partial charge in [0.2, 0.25) is 5.96 Å². The zero-order valence-corrected chi connectivity index (χ0v) is 17.3. The molecular weight excluding hydrogens is 354 g/mol. The molecule has 0 fully saturated rings. The van der Waals surface area contributed by atoms with Crippen LogP contribution in [-0.2, 0) is 6.54 Å². The first kappa shape index (κ1) is 19.2. The van der Waals surface area contributed by atoms with Gasteiger partial charge in [-0.25, -0.2) is 9.98 Å². The molecule has 2 aromatic rings. The molecule has 0 amide bonds. The molecule has 6 heteroatoms. The van der Waals surface area contributed by atoms with E-state index in [1.165, 1.54) is 11.8 Å². The number of benzene rings is 1. The van der Waals surface area contributed by atoms with Crippen molar-refractivity contribution in [3.63, 3.8) is 0 Å². The summed E-state index contributed by atoms with van der Waals surface area (Å²) in [5.74, 6) is 0.883. The number of rotatable bonds is 4. The number of anilines is 1. The summed E-state index contributed by atoms with van der Waals surface area (Å²) >= 11 is 1.48. The number of para-hydroxylation sites is 1. The third-order valence-electron chi connectivity index (χ3n) is 4.59. The van der Waals surface area contributed by atoms with E-state index in [1.54, 1.807) is 0 Å². The summed E-state index contributed by atoms with van der Waals surface area (Å²) < 4.78 is 0. The van der Waals surface area contributed by atoms with E-state index in [1.807, 2.05) is 30.7 Å². The zero-order chi connectivity index (χ0) is 19.6. The molecule has 1 aromatic carbocycles. The molecule has 0 aliphatic carbocycles. The average molecular weight is 380 g/mol. The first-order valence-corrected chi connectivity index (χ1v) is 10.4. The minimum atomic E-state index is 0.281. The van der Waals surface area contributed by atoms with Gasteiger partial charge in [0.15, 0.2) is 0 Å². The molecule has 27 heavy (non-hydrogen) atoms. The standard InChI is InChI=1S/C21H25N5S/c1-14(2)26(15(3)4)21-24-19-16(12-23-20(27-5)18(19)11-22)13-25(21)17-9-7-6-8-10-17/h6-10,12,14-15H,13H2,1-5H3. The summed E-state index contributed by atoms with van der Waals surface area (Å²) in [6.07, 6.45) is 3.79. The molecule has 0 bridgehead atoms. The Morgan fingerprint density at radius 2 is 1.81 bits per heavy atom. The minimum absolute atomic E-state index is 0.281. The van der Waals surface area contributed by atoms with E-state index in [0.717, 1.165) is 27.9 Å². The fourth-order valence-electron chi connectivity index (χ4n) is 3.49. The van der Waals surface area contributed by atoms with E-state index in [2.05, 4.69) is 60.7 Å². The lowest BCUT2D eigenvalue weighted by Crippen LogP contribution is -2.51. The molecule has 1 aliphatic heterocycles. The number of aliphatic imine (C=N–C) groups is 1. The molecular formula is C21H25N5S. The van der Waals surface area contributed by atoms with Crippen LogP contribution in [0.5, 0.6) is 0 Å². The summed E-state index contributed by atoms with van der Waals surface area (Å²) in [5, 5.41) is 10.5. The first-order chi connectivity index (χ1) is 13.0. The van der Waals surface area contributed by atoms with Gasteiger partial charge >= 0.3 is 0 Å². The number of hydrogen-bond donors (Lipinski definition) is 0. The molecule has 0 atom stereocenters. The van der Waals surface area contributed by atoms with Crippen molar-refractivity contribution in [2.24, 2.45) is 4.99 Å². The predicted molar refractivity (Wildman–Crippen MR) is 113 cm³/mol. The van der Waals surface area contributed by atoms with Crippen LogP contribution in [0.15, 0.2) is 46.5 Å². The number of pyridine rings is 1. The van der Waals surface area contributed by atoms with E-state index in [4.69, 9.17) is 4.99 Å². The fourth-order valence-corrected chi connectivity index (χ4v) is 4.00. The molecule has 1 aliphatic rings. The normalized spacial score (nSPS) is 13.4. The van der Waals surface area contributed by atoms with Crippen molar-refractivity contribution in [1.82, 2.24) is 9.88 Å². The highest BCUT2D eigenvalue weighted by Crippen LogP contribution is 2.36. The van der Waals surface area contributed by atoms with Crippen molar-refractivity contribution >= 4 is 29.1 Å². The molecule has 140 valence electrons. The van der Waals surface area contributed by atoms with Crippen LogP contribution in [0, 0.1) is 11.3 Å². The van der Waals surface area contributed by atoms with Crippen LogP contribution < -0.4 is 4.90 Å². The Labute approximate surface area is 165 Å². The van der Waals surface area contributed by atoms with Crippen LogP contribution in [0.2, 0.25) is 0 Å². The maximum Gasteiger partial charge on any atom is 0.207 e. The van der Waals surface area contributed by atoms with Crippen molar-refractivity contribution in [2.45, 2.75) is 51.3 Å². The lowest BCUT2D eigenvalue weighted by Gasteiger charge is -2.41. The van der Waals surface area contributed by atoms with Gasteiger partial charge in [0.05, 0.1) is 12.2 Å². The molecule has 3 rings (SSSR count). The molecule has 5 nitrogen and oxygen atoms in total. The highest BCUT2D eigenvalue weighted by Gasteiger charge is 2.30. The van der Waals surface area contributed by atoms with Gasteiger partial charge in [-0.15, -0.1) is 11.8 Å². The quantitative estimate of drug-likeness (QED) is 0.714. The molecule has 0 unspecified atom stereocenters. The van der Waals surface area contributed by atoms with Crippen LogP contribution in [0.4, 0.5) is 11.4 Å². The summed E-state index contributed by atoms with van der Waals surface area (Å²) in [6, 6.07) is 13.2. The Hall–Kier alpha value is -2.52. The highest BCUT2D eigenvalue weighted by molar-refractivity contribution is 7.98. The summed E-state index contributed by atoms with van der Waals surface area (Å²) in [6.45, 7) is 9.33. The topological polar surface area (TPSA) is 55.5 Å². The summed E-state index contributed by atoms with van der Waals surface area (Å²) in [5.41, 5.74) is 3.38. The first-order valence-electron chi connectivity index (χ1n) is 9.13. The minimum Gasteiger partial charge on any atom is -0.337 e. The number of thioether (sulfide) groups is 1. The Bertz CT molecular complexity index is 875. The Morgan fingerprint density at radius 1 is 1.15 bits per heavy atom. The zero-order valence-electron chi connectivity index (χ0n) is 16.5. The number of hydrogen-bond acceptors (Lipinski definition) is 6. The highest BCUT2D eigenvalue weighted by atomic mass is 32.2. The molecule has 0 spiro atoms. The largest absolute Gasteiger partial charge is 0.337 e. The number of aromatic nitrogens is 1. The van der Waals surface area contributed by atoms with Crippen LogP contribution in [-0.4, -0.2) is 34.2 Å². The van der Waals surface area contributed by atoms with Crippen molar-refractivity contribution in [3.05, 3.63) is 47.7 Å². The van der Waals surface area contributed by atoms with Crippen LogP contribution in [0.1, 0.15) is 38.8 Å². The summed E-state index contributed by atoms with van der Waals surface area (Å²) in [4.78, 5) is 14.0. The smallest absolute Gasteiger partial charge is 0.207 e. The van der Waals surface area contributed by atoms with Gasteiger partial charge in [-0.05, 0) is 46.1 Å². The third-order valence-corrected chi connectivity index (χ3v) is 5.29. The van der Waals surface area contributed by atoms with Gasteiger partial charge in [0, 0.05) is 29.5 Å². The van der Waals surface area contributed by atoms with Gasteiger partial charge in [-0.1, -0.05) is 18.2 Å². The Kier molecular flexibility index (Phi) is 5.71. The molecule has 0 saturated heterocycles. The van der Waals surface area contributed by atoms with Crippen molar-refractivity contribution in [2.75, 3.05) is 11.2 Å². The van der Waals surface area contributed by atoms with E-state index in [9.17, 15) is 5.26 Å². The predicted octanol–water partition coefficient (Wildman–Crippen LogP) is 4.80. The average Bonchev–Trinajstić information content (AvgIpc) is 2.66. The van der Waals surface area contributed by atoms with Crippen LogP contribution in [0.25, 0.3) is 0 Å². The van der Waals surface area contributed by atoms with Crippen molar-refractivity contribution < 1.29 is 0 Å². The van der Waals surface area contributed by atoms with E-state index >= 15 is 0 Å². The van der Waals surface area contributed by atoms with Gasteiger partial charge in [0.25, 0.3) is 0 Å². The maximum atomic E-state index is 9.73. The second-order valence-electron chi connectivity index (χ2n) is 7.06. The lowest BCUT2D eigenvalue weighted by molar-refractivity contribution is 0.286.